The molecule has 3 aromatic heterocycles. The topological polar surface area (TPSA) is 51.6 Å². The van der Waals surface area contributed by atoms with Crippen LogP contribution >= 0.6 is 11.3 Å². The Hall–Kier alpha value is -7.86. The van der Waals surface area contributed by atoms with Crippen molar-refractivity contribution in [3.8, 4) is 44.8 Å². The molecule has 0 aliphatic heterocycles. The fraction of sp³-hybridized carbons (Fsp3) is 0. The van der Waals surface area contributed by atoms with E-state index in [9.17, 15) is 0 Å². The number of hydrogen-bond acceptors (Lipinski definition) is 5. The van der Waals surface area contributed by atoms with Crippen LogP contribution in [0.25, 0.3) is 130 Å². The fourth-order valence-electron chi connectivity index (χ4n) is 9.49. The molecule has 0 spiro atoms. The second-order valence-corrected chi connectivity index (χ2v) is 16.7. The van der Waals surface area contributed by atoms with Gasteiger partial charge in [-0.05, 0) is 55.9 Å². The van der Waals surface area contributed by atoms with E-state index < -0.39 is 0 Å². The summed E-state index contributed by atoms with van der Waals surface area (Å²) in [6.45, 7) is 0. The van der Waals surface area contributed by atoms with Crippen LogP contribution in [-0.4, -0.2) is 19.9 Å². The smallest absolute Gasteiger partial charge is 0.0979 e. The van der Waals surface area contributed by atoms with E-state index >= 15 is 0 Å². The quantitative estimate of drug-likeness (QED) is 0.167. The lowest BCUT2D eigenvalue weighted by Crippen LogP contribution is -1.92. The zero-order chi connectivity index (χ0) is 40.0. The summed E-state index contributed by atoms with van der Waals surface area (Å²) in [6, 6.07) is 64.9. The minimum Gasteiger partial charge on any atom is -0.252 e. The first-order chi connectivity index (χ1) is 30.2. The van der Waals surface area contributed by atoms with E-state index in [0.29, 0.717) is 0 Å². The van der Waals surface area contributed by atoms with E-state index in [1.54, 1.807) is 0 Å². The molecule has 0 fully saturated rings. The molecular formula is C56H32N4S. The number of nitrogens with zero attached hydrogens (tertiary/aromatic N) is 4. The molecule has 13 rings (SSSR count). The summed E-state index contributed by atoms with van der Waals surface area (Å²) in [7, 11) is 0. The van der Waals surface area contributed by atoms with Gasteiger partial charge in [-0.3, -0.25) is 9.97 Å². The van der Waals surface area contributed by atoms with Crippen LogP contribution in [0.3, 0.4) is 0 Å². The summed E-state index contributed by atoms with van der Waals surface area (Å²) in [5, 5.41) is 11.8. The van der Waals surface area contributed by atoms with Crippen LogP contribution in [0.2, 0.25) is 0 Å². The van der Waals surface area contributed by atoms with Crippen molar-refractivity contribution in [3.05, 3.63) is 194 Å². The van der Waals surface area contributed by atoms with Crippen molar-refractivity contribution >= 4 is 96.7 Å². The van der Waals surface area contributed by atoms with Crippen molar-refractivity contribution in [3.63, 3.8) is 0 Å². The van der Waals surface area contributed by atoms with Gasteiger partial charge in [-0.15, -0.1) is 11.3 Å². The van der Waals surface area contributed by atoms with Crippen molar-refractivity contribution in [2.45, 2.75) is 0 Å². The number of fused-ring (bicyclic) bond motifs is 15. The SMILES string of the molecule is c1cc(-c2cnc3c4ccccc4c4ccccc4c3n2)cc(-c2cccc3c2sc2c(-c4cccc(-c5cnc6c7ccccc7c7ccccc7c6n5)c4)cccc23)c1. The Morgan fingerprint density at radius 2 is 0.607 bits per heavy atom. The molecular weight excluding hydrogens is 761 g/mol. The molecule has 0 saturated carbocycles. The van der Waals surface area contributed by atoms with Crippen LogP contribution in [0, 0.1) is 0 Å². The fourth-order valence-corrected chi connectivity index (χ4v) is 10.9. The van der Waals surface area contributed by atoms with Crippen LogP contribution in [-0.2, 0) is 0 Å². The average molecular weight is 793 g/mol. The Kier molecular flexibility index (Phi) is 7.44. The number of aromatic nitrogens is 4. The highest BCUT2D eigenvalue weighted by Gasteiger charge is 2.18. The Balaban J connectivity index is 0.916. The highest BCUT2D eigenvalue weighted by atomic mass is 32.1. The standard InChI is InChI=1S/C56H32N4S/c1-5-21-43-39(17-1)41-19-3-7-23-45(41)53-51(43)57-31-49(59-53)35-15-9-13-33(29-35)37-25-11-27-47-48-28-12-26-38(56(48)61-55(37)47)34-14-10-16-36(30-34)50-32-58-52-44-22-6-2-18-40(44)42-20-4-8-24-46(42)54(52)60-50/h1-32H. The predicted molar refractivity (Wildman–Crippen MR) is 257 cm³/mol. The first-order valence-electron chi connectivity index (χ1n) is 20.5. The molecule has 10 aromatic carbocycles. The molecule has 0 aliphatic rings. The lowest BCUT2D eigenvalue weighted by atomic mass is 9.97. The molecule has 0 radical (unpaired) electrons. The van der Waals surface area contributed by atoms with Gasteiger partial charge in [0.15, 0.2) is 0 Å². The molecule has 282 valence electrons. The minimum atomic E-state index is 0.859. The van der Waals surface area contributed by atoms with E-state index in [2.05, 4.69) is 182 Å². The van der Waals surface area contributed by atoms with E-state index in [0.717, 1.165) is 77.3 Å². The van der Waals surface area contributed by atoms with Crippen molar-refractivity contribution in [1.82, 2.24) is 19.9 Å². The monoisotopic (exact) mass is 792 g/mol. The lowest BCUT2D eigenvalue weighted by molar-refractivity contribution is 1.31. The highest BCUT2D eigenvalue weighted by molar-refractivity contribution is 7.26. The summed E-state index contributed by atoms with van der Waals surface area (Å²) in [6.07, 6.45) is 3.85. The first kappa shape index (κ1) is 34.0. The molecule has 0 unspecified atom stereocenters. The van der Waals surface area contributed by atoms with E-state index in [4.69, 9.17) is 19.9 Å². The average Bonchev–Trinajstić information content (AvgIpc) is 3.73. The van der Waals surface area contributed by atoms with Gasteiger partial charge in [0.1, 0.15) is 0 Å². The first-order valence-corrected chi connectivity index (χ1v) is 21.4. The molecule has 0 atom stereocenters. The van der Waals surface area contributed by atoms with Crippen LogP contribution in [0.1, 0.15) is 0 Å². The highest BCUT2D eigenvalue weighted by Crippen LogP contribution is 2.45. The molecule has 5 heteroatoms. The largest absolute Gasteiger partial charge is 0.252 e. The van der Waals surface area contributed by atoms with Crippen LogP contribution in [0.15, 0.2) is 194 Å². The van der Waals surface area contributed by atoms with Gasteiger partial charge in [-0.1, -0.05) is 170 Å². The normalized spacial score (nSPS) is 11.9. The third-order valence-electron chi connectivity index (χ3n) is 12.3. The molecule has 0 amide bonds. The third-order valence-corrected chi connectivity index (χ3v) is 13.6. The molecule has 0 bridgehead atoms. The number of rotatable bonds is 4. The second kappa shape index (κ2) is 13.3. The summed E-state index contributed by atoms with van der Waals surface area (Å²) in [5.41, 5.74) is 12.2. The maximum atomic E-state index is 5.30. The third kappa shape index (κ3) is 5.24. The molecule has 13 aromatic rings. The van der Waals surface area contributed by atoms with Gasteiger partial charge in [-0.25, -0.2) is 9.97 Å². The zero-order valence-corrected chi connectivity index (χ0v) is 33.5. The van der Waals surface area contributed by atoms with Gasteiger partial charge in [0.05, 0.1) is 45.8 Å². The lowest BCUT2D eigenvalue weighted by Gasteiger charge is -2.11. The van der Waals surface area contributed by atoms with E-state index in [-0.39, 0.29) is 0 Å². The molecule has 3 heterocycles. The van der Waals surface area contributed by atoms with Gasteiger partial charge < -0.3 is 0 Å². The Morgan fingerprint density at radius 1 is 0.279 bits per heavy atom. The van der Waals surface area contributed by atoms with Crippen molar-refractivity contribution in [1.29, 1.82) is 0 Å². The van der Waals surface area contributed by atoms with Crippen LogP contribution < -0.4 is 0 Å². The van der Waals surface area contributed by atoms with Gasteiger partial charge >= 0.3 is 0 Å². The van der Waals surface area contributed by atoms with Crippen LogP contribution in [0.5, 0.6) is 0 Å². The second-order valence-electron chi connectivity index (χ2n) is 15.7. The number of benzene rings is 10. The maximum Gasteiger partial charge on any atom is 0.0979 e. The Labute approximate surface area is 354 Å². The van der Waals surface area contributed by atoms with Gasteiger partial charge in [0.25, 0.3) is 0 Å². The number of thiophene rings is 1. The molecule has 0 aliphatic carbocycles. The maximum absolute atomic E-state index is 5.30. The molecule has 4 nitrogen and oxygen atoms in total. The Morgan fingerprint density at radius 3 is 1.02 bits per heavy atom. The van der Waals surface area contributed by atoms with Crippen molar-refractivity contribution in [2.24, 2.45) is 0 Å². The zero-order valence-electron chi connectivity index (χ0n) is 32.7. The minimum absolute atomic E-state index is 0.859. The molecule has 0 saturated heterocycles. The van der Waals surface area contributed by atoms with Gasteiger partial charge in [0.2, 0.25) is 0 Å². The van der Waals surface area contributed by atoms with Crippen molar-refractivity contribution in [2.75, 3.05) is 0 Å². The molecule has 0 N–H and O–H groups in total. The summed E-state index contributed by atoms with van der Waals surface area (Å²) in [5.74, 6) is 0. The Bertz CT molecular complexity index is 3630. The summed E-state index contributed by atoms with van der Waals surface area (Å²) in [4.78, 5) is 20.7. The number of hydrogen-bond donors (Lipinski definition) is 0. The van der Waals surface area contributed by atoms with Gasteiger partial charge in [0, 0.05) is 52.8 Å². The summed E-state index contributed by atoms with van der Waals surface area (Å²) >= 11 is 1.86. The molecule has 61 heavy (non-hydrogen) atoms. The summed E-state index contributed by atoms with van der Waals surface area (Å²) < 4.78 is 2.53. The van der Waals surface area contributed by atoms with E-state index in [1.165, 1.54) is 52.8 Å². The van der Waals surface area contributed by atoms with E-state index in [1.807, 2.05) is 23.7 Å². The van der Waals surface area contributed by atoms with Crippen molar-refractivity contribution < 1.29 is 0 Å². The predicted octanol–water partition coefficient (Wildman–Crippen LogP) is 15.2. The van der Waals surface area contributed by atoms with Gasteiger partial charge in [-0.2, -0.15) is 0 Å². The van der Waals surface area contributed by atoms with Crippen LogP contribution in [0.4, 0.5) is 0 Å².